The van der Waals surface area contributed by atoms with Gasteiger partial charge in [-0.05, 0) is 37.8 Å². The van der Waals surface area contributed by atoms with Crippen LogP contribution in [-0.4, -0.2) is 42.5 Å². The van der Waals surface area contributed by atoms with Crippen molar-refractivity contribution in [2.24, 2.45) is 4.99 Å². The van der Waals surface area contributed by atoms with Crippen LogP contribution in [0.15, 0.2) is 29.3 Å². The van der Waals surface area contributed by atoms with Gasteiger partial charge in [-0.25, -0.2) is 0 Å². The summed E-state index contributed by atoms with van der Waals surface area (Å²) in [5, 5.41) is 4.84. The number of nitrogens with zero attached hydrogens (tertiary/aromatic N) is 2. The molecule has 2 aromatic rings. The lowest BCUT2D eigenvalue weighted by molar-refractivity contribution is 0.494. The molecule has 2 N–H and O–H groups in total. The maximum absolute atomic E-state index is 4.40. The first-order valence-corrected chi connectivity index (χ1v) is 7.81. The summed E-state index contributed by atoms with van der Waals surface area (Å²) in [5.74, 6) is 1.05. The number of aryl methyl sites for hydroxylation is 1. The predicted molar refractivity (Wildman–Crippen MR) is 88.9 cm³/mol. The number of hydrogen-bond donors (Lipinski definition) is 2. The first kappa shape index (κ1) is 14.0. The first-order chi connectivity index (χ1) is 10.3. The quantitative estimate of drug-likeness (QED) is 0.672. The molecule has 0 radical (unpaired) electrons. The number of nitrogens with one attached hydrogen (secondary N) is 2. The normalized spacial score (nSPS) is 15.9. The highest BCUT2D eigenvalue weighted by molar-refractivity contribution is 5.84. The van der Waals surface area contributed by atoms with Gasteiger partial charge in [0.15, 0.2) is 5.96 Å². The Kier molecular flexibility index (Phi) is 4.13. The van der Waals surface area contributed by atoms with Crippen molar-refractivity contribution < 1.29 is 0 Å². The van der Waals surface area contributed by atoms with E-state index in [1.807, 2.05) is 7.05 Å². The molecule has 4 nitrogen and oxygen atoms in total. The molecule has 2 heterocycles. The van der Waals surface area contributed by atoms with Crippen LogP contribution in [0.2, 0.25) is 0 Å². The highest BCUT2D eigenvalue weighted by Gasteiger charge is 2.15. The van der Waals surface area contributed by atoms with E-state index in [1.165, 1.54) is 35.0 Å². The van der Waals surface area contributed by atoms with Gasteiger partial charge in [0, 0.05) is 43.3 Å². The van der Waals surface area contributed by atoms with E-state index in [4.69, 9.17) is 0 Å². The van der Waals surface area contributed by atoms with Gasteiger partial charge in [-0.2, -0.15) is 0 Å². The number of aromatic nitrogens is 1. The van der Waals surface area contributed by atoms with Gasteiger partial charge in [0.2, 0.25) is 0 Å². The Balaban J connectivity index is 1.65. The fourth-order valence-electron chi connectivity index (χ4n) is 3.22. The lowest BCUT2D eigenvalue weighted by atomic mass is 10.1. The average molecular weight is 284 g/mol. The zero-order valence-corrected chi connectivity index (χ0v) is 12.9. The molecule has 0 unspecified atom stereocenters. The van der Waals surface area contributed by atoms with Crippen LogP contribution in [0.1, 0.15) is 24.1 Å². The number of guanidine groups is 1. The zero-order valence-electron chi connectivity index (χ0n) is 12.9. The molecule has 0 aliphatic carbocycles. The predicted octanol–water partition coefficient (Wildman–Crippen LogP) is 2.69. The van der Waals surface area contributed by atoms with Crippen molar-refractivity contribution in [2.75, 3.05) is 26.7 Å². The lowest BCUT2D eigenvalue weighted by Crippen LogP contribution is -2.40. The van der Waals surface area contributed by atoms with E-state index in [1.54, 1.807) is 0 Å². The van der Waals surface area contributed by atoms with Crippen molar-refractivity contribution in [3.8, 4) is 0 Å². The topological polar surface area (TPSA) is 43.4 Å². The SMILES string of the molecule is CN=C(NCCc1c(C)[nH]c2ccccc12)N1CCCC1. The minimum absolute atomic E-state index is 0.922. The summed E-state index contributed by atoms with van der Waals surface area (Å²) in [6, 6.07) is 8.52. The third-order valence-electron chi connectivity index (χ3n) is 4.30. The van der Waals surface area contributed by atoms with Crippen LogP contribution >= 0.6 is 0 Å². The Morgan fingerprint density at radius 3 is 2.81 bits per heavy atom. The van der Waals surface area contributed by atoms with Gasteiger partial charge in [0.25, 0.3) is 0 Å². The molecule has 1 fully saturated rings. The second-order valence-electron chi connectivity index (χ2n) is 5.69. The van der Waals surface area contributed by atoms with E-state index in [0.29, 0.717) is 0 Å². The van der Waals surface area contributed by atoms with Gasteiger partial charge >= 0.3 is 0 Å². The molecule has 4 heteroatoms. The fourth-order valence-corrected chi connectivity index (χ4v) is 3.22. The summed E-state index contributed by atoms with van der Waals surface area (Å²) < 4.78 is 0. The van der Waals surface area contributed by atoms with E-state index < -0.39 is 0 Å². The third-order valence-corrected chi connectivity index (χ3v) is 4.30. The minimum Gasteiger partial charge on any atom is -0.358 e. The number of likely N-dealkylation sites (tertiary alicyclic amines) is 1. The first-order valence-electron chi connectivity index (χ1n) is 7.81. The van der Waals surface area contributed by atoms with E-state index in [-0.39, 0.29) is 0 Å². The standard InChI is InChI=1S/C17H24N4/c1-13-14(15-7-3-4-8-16(15)20-13)9-10-19-17(18-2)21-11-5-6-12-21/h3-4,7-8,20H,5-6,9-12H2,1-2H3,(H,18,19). The highest BCUT2D eigenvalue weighted by atomic mass is 15.3. The summed E-state index contributed by atoms with van der Waals surface area (Å²) in [6.45, 7) is 5.34. The Hall–Kier alpha value is -1.97. The van der Waals surface area contributed by atoms with E-state index in [0.717, 1.165) is 32.0 Å². The highest BCUT2D eigenvalue weighted by Crippen LogP contribution is 2.21. The molecule has 0 spiro atoms. The molecule has 1 aromatic carbocycles. The number of rotatable bonds is 3. The van der Waals surface area contributed by atoms with E-state index in [2.05, 4.69) is 51.4 Å². The van der Waals surface area contributed by atoms with E-state index >= 15 is 0 Å². The largest absolute Gasteiger partial charge is 0.358 e. The van der Waals surface area contributed by atoms with Crippen LogP contribution in [0.3, 0.4) is 0 Å². The Morgan fingerprint density at radius 2 is 2.05 bits per heavy atom. The van der Waals surface area contributed by atoms with Crippen LogP contribution in [0.25, 0.3) is 10.9 Å². The smallest absolute Gasteiger partial charge is 0.193 e. The van der Waals surface area contributed by atoms with Crippen molar-refractivity contribution >= 4 is 16.9 Å². The third kappa shape index (κ3) is 2.89. The summed E-state index contributed by atoms with van der Waals surface area (Å²) in [4.78, 5) is 10.2. The molecule has 1 aromatic heterocycles. The molecular weight excluding hydrogens is 260 g/mol. The van der Waals surface area contributed by atoms with Crippen molar-refractivity contribution in [3.05, 3.63) is 35.5 Å². The lowest BCUT2D eigenvalue weighted by Gasteiger charge is -2.20. The Bertz CT molecular complexity index is 635. The fraction of sp³-hybridized carbons (Fsp3) is 0.471. The monoisotopic (exact) mass is 284 g/mol. The van der Waals surface area contributed by atoms with Gasteiger partial charge in [0.1, 0.15) is 0 Å². The van der Waals surface area contributed by atoms with Gasteiger partial charge in [0.05, 0.1) is 0 Å². The Morgan fingerprint density at radius 1 is 1.29 bits per heavy atom. The molecule has 0 bridgehead atoms. The number of fused-ring (bicyclic) bond motifs is 1. The minimum atomic E-state index is 0.922. The van der Waals surface area contributed by atoms with Crippen molar-refractivity contribution in [2.45, 2.75) is 26.2 Å². The number of para-hydroxylation sites is 1. The maximum atomic E-state index is 4.40. The maximum Gasteiger partial charge on any atom is 0.193 e. The zero-order chi connectivity index (χ0) is 14.7. The number of hydrogen-bond acceptors (Lipinski definition) is 1. The molecule has 112 valence electrons. The second kappa shape index (κ2) is 6.20. The van der Waals surface area contributed by atoms with Crippen LogP contribution in [-0.2, 0) is 6.42 Å². The number of aliphatic imine (C=N–C) groups is 1. The molecule has 0 atom stereocenters. The van der Waals surface area contributed by atoms with Gasteiger partial charge in [-0.1, -0.05) is 18.2 Å². The van der Waals surface area contributed by atoms with Crippen molar-refractivity contribution in [1.29, 1.82) is 0 Å². The van der Waals surface area contributed by atoms with Crippen LogP contribution in [0.5, 0.6) is 0 Å². The summed E-state index contributed by atoms with van der Waals surface area (Å²) in [7, 11) is 1.87. The molecule has 3 rings (SSSR count). The second-order valence-corrected chi connectivity index (χ2v) is 5.69. The molecule has 21 heavy (non-hydrogen) atoms. The van der Waals surface area contributed by atoms with Gasteiger partial charge in [-0.15, -0.1) is 0 Å². The molecular formula is C17H24N4. The van der Waals surface area contributed by atoms with Crippen LogP contribution in [0, 0.1) is 6.92 Å². The van der Waals surface area contributed by atoms with Gasteiger partial charge in [-0.3, -0.25) is 4.99 Å². The van der Waals surface area contributed by atoms with E-state index in [9.17, 15) is 0 Å². The molecule has 1 aliphatic rings. The number of H-pyrrole nitrogens is 1. The van der Waals surface area contributed by atoms with Crippen molar-refractivity contribution in [1.82, 2.24) is 15.2 Å². The number of aromatic amines is 1. The summed E-state index contributed by atoms with van der Waals surface area (Å²) >= 11 is 0. The van der Waals surface area contributed by atoms with Gasteiger partial charge < -0.3 is 15.2 Å². The van der Waals surface area contributed by atoms with Crippen LogP contribution in [0.4, 0.5) is 0 Å². The molecule has 1 saturated heterocycles. The molecule has 0 amide bonds. The Labute approximate surface area is 126 Å². The molecule has 1 aliphatic heterocycles. The van der Waals surface area contributed by atoms with Crippen molar-refractivity contribution in [3.63, 3.8) is 0 Å². The number of benzene rings is 1. The molecule has 0 saturated carbocycles. The van der Waals surface area contributed by atoms with Crippen LogP contribution < -0.4 is 5.32 Å². The average Bonchev–Trinajstić information content (AvgIpc) is 3.12. The summed E-state index contributed by atoms with van der Waals surface area (Å²) in [5.41, 5.74) is 3.91. The summed E-state index contributed by atoms with van der Waals surface area (Å²) in [6.07, 6.45) is 3.58.